The average molecular weight is 558 g/mol. The number of hydrogen-bond acceptors (Lipinski definition) is 9. The highest BCUT2D eigenvalue weighted by molar-refractivity contribution is 8.18. The van der Waals surface area contributed by atoms with E-state index in [4.69, 9.17) is 30.6 Å². The number of rotatable bonds is 9. The molecule has 196 valence electrons. The number of amides is 2. The van der Waals surface area contributed by atoms with Crippen LogP contribution in [-0.4, -0.2) is 47.3 Å². The average Bonchev–Trinajstić information content (AvgIpc) is 3.47. The number of furan rings is 1. The summed E-state index contributed by atoms with van der Waals surface area (Å²) in [6.45, 7) is -0.112. The number of thioether (sulfide) groups is 1. The molecule has 0 unspecified atom stereocenters. The normalized spacial score (nSPS) is 14.2. The Morgan fingerprint density at radius 2 is 1.92 bits per heavy atom. The fourth-order valence-corrected chi connectivity index (χ4v) is 4.64. The monoisotopic (exact) mass is 557 g/mol. The SMILES string of the molecule is COC(=O)c1ccc(CN2C(=O)S/C(=C/c3cc(Cl)c(OCc4cccc(C(=O)O)c4)c(OC)c3)C2=O)o1. The molecule has 1 aromatic heterocycles. The second kappa shape index (κ2) is 11.4. The lowest BCUT2D eigenvalue weighted by Crippen LogP contribution is -2.27. The van der Waals surface area contributed by atoms with E-state index in [0.29, 0.717) is 11.1 Å². The molecule has 2 heterocycles. The molecule has 10 nitrogen and oxygen atoms in total. The lowest BCUT2D eigenvalue weighted by Gasteiger charge is -2.14. The van der Waals surface area contributed by atoms with Gasteiger partial charge in [0.15, 0.2) is 11.5 Å². The highest BCUT2D eigenvalue weighted by Gasteiger charge is 2.36. The number of aromatic carboxylic acids is 1. The molecule has 38 heavy (non-hydrogen) atoms. The first-order valence-electron chi connectivity index (χ1n) is 10.9. The minimum absolute atomic E-state index is 0.0383. The fourth-order valence-electron chi connectivity index (χ4n) is 3.53. The Morgan fingerprint density at radius 1 is 1.13 bits per heavy atom. The molecular formula is C26H20ClNO9S. The van der Waals surface area contributed by atoms with Gasteiger partial charge >= 0.3 is 11.9 Å². The van der Waals surface area contributed by atoms with Crippen LogP contribution in [0.4, 0.5) is 4.79 Å². The number of carboxylic acid groups (broad SMARTS) is 1. The molecule has 0 aliphatic carbocycles. The van der Waals surface area contributed by atoms with Crippen LogP contribution in [0.1, 0.15) is 37.8 Å². The van der Waals surface area contributed by atoms with E-state index >= 15 is 0 Å². The molecule has 0 atom stereocenters. The maximum Gasteiger partial charge on any atom is 0.373 e. The zero-order valence-electron chi connectivity index (χ0n) is 20.1. The number of ether oxygens (including phenoxy) is 3. The summed E-state index contributed by atoms with van der Waals surface area (Å²) < 4.78 is 21.2. The number of imide groups is 1. The van der Waals surface area contributed by atoms with Crippen LogP contribution in [0.15, 0.2) is 57.9 Å². The number of nitrogens with zero attached hydrogens (tertiary/aromatic N) is 1. The molecule has 1 fully saturated rings. The molecule has 1 aliphatic rings. The van der Waals surface area contributed by atoms with E-state index in [-0.39, 0.29) is 51.7 Å². The second-order valence-corrected chi connectivity index (χ2v) is 9.25. The highest BCUT2D eigenvalue weighted by Crippen LogP contribution is 2.39. The third kappa shape index (κ3) is 5.84. The summed E-state index contributed by atoms with van der Waals surface area (Å²) in [6.07, 6.45) is 1.50. The first-order valence-corrected chi connectivity index (χ1v) is 12.1. The van der Waals surface area contributed by atoms with E-state index in [1.807, 2.05) is 0 Å². The third-order valence-corrected chi connectivity index (χ3v) is 6.53. The summed E-state index contributed by atoms with van der Waals surface area (Å²) in [5, 5.41) is 8.85. The molecule has 1 saturated heterocycles. The Morgan fingerprint density at radius 3 is 2.63 bits per heavy atom. The second-order valence-electron chi connectivity index (χ2n) is 7.85. The first kappa shape index (κ1) is 26.8. The van der Waals surface area contributed by atoms with E-state index in [1.165, 1.54) is 44.6 Å². The van der Waals surface area contributed by atoms with Crippen LogP contribution in [0.3, 0.4) is 0 Å². The molecule has 4 rings (SSSR count). The molecule has 3 aromatic rings. The molecule has 1 N–H and O–H groups in total. The zero-order valence-corrected chi connectivity index (χ0v) is 21.6. The number of carboxylic acids is 1. The largest absolute Gasteiger partial charge is 0.493 e. The van der Waals surface area contributed by atoms with Crippen LogP contribution in [0.25, 0.3) is 6.08 Å². The van der Waals surface area contributed by atoms with Gasteiger partial charge < -0.3 is 23.7 Å². The molecule has 12 heteroatoms. The van der Waals surface area contributed by atoms with Gasteiger partial charge in [0.2, 0.25) is 5.76 Å². The van der Waals surface area contributed by atoms with E-state index in [9.17, 15) is 19.2 Å². The third-order valence-electron chi connectivity index (χ3n) is 5.34. The highest BCUT2D eigenvalue weighted by atomic mass is 35.5. The lowest BCUT2D eigenvalue weighted by molar-refractivity contribution is -0.123. The number of esters is 1. The van der Waals surface area contributed by atoms with E-state index < -0.39 is 23.1 Å². The molecule has 0 saturated carbocycles. The van der Waals surface area contributed by atoms with Crippen molar-refractivity contribution in [3.05, 3.63) is 86.7 Å². The van der Waals surface area contributed by atoms with Crippen molar-refractivity contribution < 1.29 is 42.9 Å². The van der Waals surface area contributed by atoms with Crippen molar-refractivity contribution in [3.8, 4) is 11.5 Å². The van der Waals surface area contributed by atoms with Gasteiger partial charge in [0, 0.05) is 0 Å². The molecule has 0 bridgehead atoms. The van der Waals surface area contributed by atoms with Crippen LogP contribution in [0.2, 0.25) is 5.02 Å². The summed E-state index contributed by atoms with van der Waals surface area (Å²) >= 11 is 7.19. The van der Waals surface area contributed by atoms with E-state index in [0.717, 1.165) is 16.7 Å². The van der Waals surface area contributed by atoms with Gasteiger partial charge in [-0.3, -0.25) is 14.5 Å². The van der Waals surface area contributed by atoms with Crippen molar-refractivity contribution in [2.45, 2.75) is 13.2 Å². The summed E-state index contributed by atoms with van der Waals surface area (Å²) in [7, 11) is 2.64. The van der Waals surface area contributed by atoms with Gasteiger partial charge in [0.25, 0.3) is 11.1 Å². The van der Waals surface area contributed by atoms with Crippen LogP contribution in [0.5, 0.6) is 11.5 Å². The maximum absolute atomic E-state index is 12.9. The molecule has 1 aliphatic heterocycles. The number of halogens is 1. The molecule has 0 spiro atoms. The molecule has 2 aromatic carbocycles. The standard InChI is InChI=1S/C26H20ClNO9S/c1-34-20-10-15(9-18(27)22(20)36-13-14-4-3-5-16(8-14)24(30)31)11-21-23(29)28(26(33)38-21)12-17-6-7-19(37-17)25(32)35-2/h3-11H,12-13H2,1-2H3,(H,30,31)/b21-11+. The smallest absolute Gasteiger partial charge is 0.373 e. The number of carbonyl (C=O) groups excluding carboxylic acids is 3. The van der Waals surface area contributed by atoms with Gasteiger partial charge in [-0.15, -0.1) is 0 Å². The predicted molar refractivity (Wildman–Crippen MR) is 137 cm³/mol. The van der Waals surface area contributed by atoms with Crippen molar-refractivity contribution >= 4 is 52.5 Å². The van der Waals surface area contributed by atoms with Crippen LogP contribution in [0, 0.1) is 0 Å². The Kier molecular flexibility index (Phi) is 8.08. The van der Waals surface area contributed by atoms with Gasteiger partial charge in [0.1, 0.15) is 12.4 Å². The van der Waals surface area contributed by atoms with Crippen molar-refractivity contribution in [1.29, 1.82) is 0 Å². The Balaban J connectivity index is 1.50. The minimum Gasteiger partial charge on any atom is -0.493 e. The van der Waals surface area contributed by atoms with Gasteiger partial charge in [0.05, 0.1) is 36.3 Å². The summed E-state index contributed by atoms with van der Waals surface area (Å²) in [6, 6.07) is 12.3. The van der Waals surface area contributed by atoms with Crippen LogP contribution in [-0.2, 0) is 22.7 Å². The Hall–Kier alpha value is -4.22. The number of benzene rings is 2. The van der Waals surface area contributed by atoms with Gasteiger partial charge in [-0.05, 0) is 65.4 Å². The van der Waals surface area contributed by atoms with Gasteiger partial charge in [-0.25, -0.2) is 9.59 Å². The van der Waals surface area contributed by atoms with Crippen molar-refractivity contribution in [1.82, 2.24) is 4.90 Å². The summed E-state index contributed by atoms with van der Waals surface area (Å²) in [4.78, 5) is 49.3. The Bertz CT molecular complexity index is 1460. The summed E-state index contributed by atoms with van der Waals surface area (Å²) in [5.41, 5.74) is 1.24. The zero-order chi connectivity index (χ0) is 27.4. The Labute approximate surface area is 225 Å². The van der Waals surface area contributed by atoms with E-state index in [1.54, 1.807) is 24.3 Å². The predicted octanol–water partition coefficient (Wildman–Crippen LogP) is 5.24. The molecular weight excluding hydrogens is 538 g/mol. The fraction of sp³-hybridized carbons (Fsp3) is 0.154. The van der Waals surface area contributed by atoms with E-state index in [2.05, 4.69) is 4.74 Å². The molecule has 2 amide bonds. The maximum atomic E-state index is 12.9. The lowest BCUT2D eigenvalue weighted by atomic mass is 10.1. The topological polar surface area (TPSA) is 133 Å². The quantitative estimate of drug-likeness (QED) is 0.275. The molecule has 0 radical (unpaired) electrons. The van der Waals surface area contributed by atoms with Gasteiger partial charge in [-0.2, -0.15) is 0 Å². The number of hydrogen-bond donors (Lipinski definition) is 1. The number of methoxy groups -OCH3 is 2. The number of carbonyl (C=O) groups is 4. The first-order chi connectivity index (χ1) is 18.2. The van der Waals surface area contributed by atoms with Gasteiger partial charge in [-0.1, -0.05) is 23.7 Å². The van der Waals surface area contributed by atoms with Crippen molar-refractivity contribution in [3.63, 3.8) is 0 Å². The van der Waals surface area contributed by atoms with Crippen molar-refractivity contribution in [2.24, 2.45) is 0 Å². The van der Waals surface area contributed by atoms with Crippen LogP contribution >= 0.6 is 23.4 Å². The minimum atomic E-state index is -1.05. The van der Waals surface area contributed by atoms with Crippen LogP contribution < -0.4 is 9.47 Å². The summed E-state index contributed by atoms with van der Waals surface area (Å²) in [5.74, 6) is -1.53. The van der Waals surface area contributed by atoms with Crippen molar-refractivity contribution in [2.75, 3.05) is 14.2 Å².